The minimum absolute atomic E-state index is 1.00. The summed E-state index contributed by atoms with van der Waals surface area (Å²) in [4.78, 5) is 5.38. The van der Waals surface area contributed by atoms with E-state index < -0.39 is 0 Å². The van der Waals surface area contributed by atoms with Crippen molar-refractivity contribution in [2.75, 3.05) is 0 Å². The first-order valence-electron chi connectivity index (χ1n) is 18.0. The standard InChI is InChI=1S/C49H28N2S2/c1-2-12-31(13-3-1)51-40-19-9-5-17-35(40)46-41(51)27-26-36-45(46)34-16-4-8-18-39(34)50-47(36)30-24-22-29(23-25-30)44-48-37(32-14-6-10-20-42(32)52-48)28-38-33-15-7-11-21-43(33)53-49(38)44/h1-28H. The highest BCUT2D eigenvalue weighted by Gasteiger charge is 2.21. The lowest BCUT2D eigenvalue weighted by Crippen LogP contribution is -1.94. The Morgan fingerprint density at radius 2 is 0.981 bits per heavy atom. The van der Waals surface area contributed by atoms with Gasteiger partial charge in [0.1, 0.15) is 0 Å². The van der Waals surface area contributed by atoms with Gasteiger partial charge < -0.3 is 4.57 Å². The van der Waals surface area contributed by atoms with Crippen LogP contribution in [0.25, 0.3) is 112 Å². The molecule has 12 aromatic rings. The van der Waals surface area contributed by atoms with E-state index in [2.05, 4.69) is 174 Å². The number of para-hydroxylation sites is 3. The molecule has 8 aromatic carbocycles. The van der Waals surface area contributed by atoms with Gasteiger partial charge in [-0.1, -0.05) is 121 Å². The Balaban J connectivity index is 1.12. The van der Waals surface area contributed by atoms with Crippen molar-refractivity contribution < 1.29 is 0 Å². The van der Waals surface area contributed by atoms with E-state index in [4.69, 9.17) is 4.98 Å². The molecule has 4 aromatic heterocycles. The molecule has 0 fully saturated rings. The Bertz CT molecular complexity index is 3350. The molecule has 0 bridgehead atoms. The number of nitrogens with zero attached hydrogens (tertiary/aromatic N) is 2. The molecule has 0 radical (unpaired) electrons. The third-order valence-corrected chi connectivity index (χ3v) is 13.4. The van der Waals surface area contributed by atoms with Gasteiger partial charge in [0, 0.05) is 84.1 Å². The topological polar surface area (TPSA) is 17.8 Å². The summed E-state index contributed by atoms with van der Waals surface area (Å²) in [5.74, 6) is 0. The first-order chi connectivity index (χ1) is 26.3. The van der Waals surface area contributed by atoms with Crippen LogP contribution in [-0.2, 0) is 0 Å². The molecule has 0 aliphatic carbocycles. The summed E-state index contributed by atoms with van der Waals surface area (Å²) in [5.41, 5.74) is 9.27. The van der Waals surface area contributed by atoms with Crippen molar-refractivity contribution in [3.63, 3.8) is 0 Å². The van der Waals surface area contributed by atoms with E-state index in [0.29, 0.717) is 0 Å². The van der Waals surface area contributed by atoms with Crippen molar-refractivity contribution in [3.05, 3.63) is 170 Å². The second-order valence-corrected chi connectivity index (χ2v) is 15.9. The van der Waals surface area contributed by atoms with Crippen LogP contribution in [0.4, 0.5) is 0 Å². The van der Waals surface area contributed by atoms with Crippen LogP contribution in [0, 0.1) is 0 Å². The molecule has 0 aliphatic heterocycles. The number of thiophene rings is 2. The fraction of sp³-hybridized carbons (Fsp3) is 0. The molecule has 2 nitrogen and oxygen atoms in total. The number of fused-ring (bicyclic) bond motifs is 13. The maximum Gasteiger partial charge on any atom is 0.0788 e. The fourth-order valence-electron chi connectivity index (χ4n) is 8.67. The van der Waals surface area contributed by atoms with Crippen molar-refractivity contribution in [2.24, 2.45) is 0 Å². The van der Waals surface area contributed by atoms with E-state index in [1.165, 1.54) is 89.4 Å². The van der Waals surface area contributed by atoms with Gasteiger partial charge in [-0.05, 0) is 54.1 Å². The van der Waals surface area contributed by atoms with Gasteiger partial charge in [-0.3, -0.25) is 0 Å². The predicted molar refractivity (Wildman–Crippen MR) is 230 cm³/mol. The quantitative estimate of drug-likeness (QED) is 0.167. The summed E-state index contributed by atoms with van der Waals surface area (Å²) in [5, 5.41) is 11.4. The summed E-state index contributed by atoms with van der Waals surface area (Å²) >= 11 is 3.81. The SMILES string of the molecule is c1ccc(-n2c3ccccc3c3c4c(ccc32)c(-c2ccc(-c3c5sc6ccccc6c5cc5c3sc3ccccc35)cc2)nc2ccccc24)cc1. The Kier molecular flexibility index (Phi) is 6.12. The van der Waals surface area contributed by atoms with Gasteiger partial charge >= 0.3 is 0 Å². The second-order valence-electron chi connectivity index (χ2n) is 13.8. The normalized spacial score (nSPS) is 12.2. The van der Waals surface area contributed by atoms with Gasteiger partial charge in [-0.2, -0.15) is 0 Å². The van der Waals surface area contributed by atoms with E-state index in [0.717, 1.165) is 22.5 Å². The summed E-state index contributed by atoms with van der Waals surface area (Å²) in [7, 11) is 0. The van der Waals surface area contributed by atoms with Crippen LogP contribution in [0.5, 0.6) is 0 Å². The zero-order valence-corrected chi connectivity index (χ0v) is 30.0. The van der Waals surface area contributed by atoms with Crippen LogP contribution in [0.3, 0.4) is 0 Å². The molecule has 0 spiro atoms. The molecular weight excluding hydrogens is 681 g/mol. The molecule has 4 heterocycles. The van der Waals surface area contributed by atoms with Gasteiger partial charge in [-0.15, -0.1) is 22.7 Å². The lowest BCUT2D eigenvalue weighted by Gasteiger charge is -2.13. The molecule has 53 heavy (non-hydrogen) atoms. The first-order valence-corrected chi connectivity index (χ1v) is 19.6. The van der Waals surface area contributed by atoms with Crippen LogP contribution in [0.1, 0.15) is 0 Å². The maximum atomic E-state index is 5.38. The van der Waals surface area contributed by atoms with E-state index >= 15 is 0 Å². The molecule has 0 atom stereocenters. The van der Waals surface area contributed by atoms with Crippen LogP contribution in [-0.4, -0.2) is 9.55 Å². The van der Waals surface area contributed by atoms with Gasteiger partial charge in [-0.25, -0.2) is 4.98 Å². The number of benzene rings is 8. The average Bonchev–Trinajstić information content (AvgIpc) is 3.89. The maximum absolute atomic E-state index is 5.38. The number of pyridine rings is 1. The zero-order valence-electron chi connectivity index (χ0n) is 28.4. The molecular formula is C49H28N2S2. The number of aromatic nitrogens is 2. The summed E-state index contributed by atoms with van der Waals surface area (Å²) < 4.78 is 7.76. The van der Waals surface area contributed by atoms with Crippen molar-refractivity contribution >= 4 is 106 Å². The molecule has 0 saturated carbocycles. The first kappa shape index (κ1) is 29.3. The Morgan fingerprint density at radius 3 is 1.70 bits per heavy atom. The fourth-order valence-corrected chi connectivity index (χ4v) is 11.2. The van der Waals surface area contributed by atoms with Gasteiger partial charge in [0.2, 0.25) is 0 Å². The third kappa shape index (κ3) is 4.16. The number of hydrogen-bond donors (Lipinski definition) is 0. The van der Waals surface area contributed by atoms with Crippen molar-refractivity contribution in [2.45, 2.75) is 0 Å². The Hall–Kier alpha value is -6.33. The zero-order chi connectivity index (χ0) is 34.6. The number of rotatable bonds is 3. The number of hydrogen-bond acceptors (Lipinski definition) is 3. The smallest absolute Gasteiger partial charge is 0.0788 e. The second kappa shape index (κ2) is 11.1. The molecule has 0 saturated heterocycles. The van der Waals surface area contributed by atoms with Gasteiger partial charge in [0.05, 0.1) is 22.2 Å². The summed E-state index contributed by atoms with van der Waals surface area (Å²) in [6, 6.07) is 62.0. The molecule has 0 aliphatic rings. The lowest BCUT2D eigenvalue weighted by molar-refractivity contribution is 1.18. The summed E-state index contributed by atoms with van der Waals surface area (Å²) in [6.45, 7) is 0. The largest absolute Gasteiger partial charge is 0.309 e. The van der Waals surface area contributed by atoms with E-state index in [1.807, 2.05) is 22.7 Å². The molecule has 0 unspecified atom stereocenters. The monoisotopic (exact) mass is 708 g/mol. The predicted octanol–water partition coefficient (Wildman–Crippen LogP) is 14.6. The van der Waals surface area contributed by atoms with Crippen molar-refractivity contribution in [1.82, 2.24) is 9.55 Å². The van der Waals surface area contributed by atoms with Crippen LogP contribution < -0.4 is 0 Å². The lowest BCUT2D eigenvalue weighted by atomic mass is 9.94. The molecule has 12 rings (SSSR count). The minimum Gasteiger partial charge on any atom is -0.309 e. The van der Waals surface area contributed by atoms with Crippen LogP contribution in [0.2, 0.25) is 0 Å². The van der Waals surface area contributed by atoms with E-state index in [9.17, 15) is 0 Å². The van der Waals surface area contributed by atoms with Crippen LogP contribution in [0.15, 0.2) is 170 Å². The van der Waals surface area contributed by atoms with Gasteiger partial charge in [0.15, 0.2) is 0 Å². The summed E-state index contributed by atoms with van der Waals surface area (Å²) in [6.07, 6.45) is 0. The Labute approximate surface area is 312 Å². The minimum atomic E-state index is 1.00. The van der Waals surface area contributed by atoms with Gasteiger partial charge in [0.25, 0.3) is 0 Å². The average molecular weight is 709 g/mol. The van der Waals surface area contributed by atoms with Crippen LogP contribution >= 0.6 is 22.7 Å². The highest BCUT2D eigenvalue weighted by molar-refractivity contribution is 7.29. The highest BCUT2D eigenvalue weighted by atomic mass is 32.1. The molecule has 246 valence electrons. The van der Waals surface area contributed by atoms with E-state index in [-0.39, 0.29) is 0 Å². The third-order valence-electron chi connectivity index (χ3n) is 11.0. The van der Waals surface area contributed by atoms with Crippen molar-refractivity contribution in [3.8, 4) is 28.1 Å². The molecule has 0 amide bonds. The molecule has 4 heteroatoms. The highest BCUT2D eigenvalue weighted by Crippen LogP contribution is 2.49. The van der Waals surface area contributed by atoms with E-state index in [1.54, 1.807) is 0 Å². The molecule has 0 N–H and O–H groups in total. The van der Waals surface area contributed by atoms with Crippen molar-refractivity contribution in [1.29, 1.82) is 0 Å². The Morgan fingerprint density at radius 1 is 0.396 bits per heavy atom.